The first kappa shape index (κ1) is 13.3. The molecule has 2 aromatic carbocycles. The van der Waals surface area contributed by atoms with E-state index in [1.807, 2.05) is 18.2 Å². The van der Waals surface area contributed by atoms with Crippen LogP contribution in [0.15, 0.2) is 30.3 Å². The van der Waals surface area contributed by atoms with Gasteiger partial charge in [-0.1, -0.05) is 58.5 Å². The molecular weight excluding hydrogens is 373 g/mol. The molecule has 0 amide bonds. The van der Waals surface area contributed by atoms with Crippen LogP contribution < -0.4 is 4.90 Å². The smallest absolute Gasteiger partial charge is 0.136 e. The second-order valence-corrected chi connectivity index (χ2v) is 7.08. The highest BCUT2D eigenvalue weighted by Gasteiger charge is 2.20. The van der Waals surface area contributed by atoms with Gasteiger partial charge >= 0.3 is 0 Å². The van der Waals surface area contributed by atoms with Gasteiger partial charge in [-0.3, -0.25) is 0 Å². The maximum Gasteiger partial charge on any atom is 0.136 e. The number of alkyl halides is 1. The number of nitrogens with zero attached hydrogens (tertiary/aromatic N) is 1. The van der Waals surface area contributed by atoms with Gasteiger partial charge < -0.3 is 10.0 Å². The van der Waals surface area contributed by atoms with Gasteiger partial charge in [-0.25, -0.2) is 0 Å². The van der Waals surface area contributed by atoms with Crippen molar-refractivity contribution in [1.29, 1.82) is 0 Å². The quantitative estimate of drug-likeness (QED) is 0.571. The van der Waals surface area contributed by atoms with Gasteiger partial charge in [0, 0.05) is 39.5 Å². The lowest BCUT2D eigenvalue weighted by atomic mass is 10.0. The van der Waals surface area contributed by atoms with Crippen molar-refractivity contribution in [3.63, 3.8) is 0 Å². The highest BCUT2D eigenvalue weighted by molar-refractivity contribution is 14.1. The third-order valence-corrected chi connectivity index (χ3v) is 5.35. The maximum atomic E-state index is 10.0. The average Bonchev–Trinajstić information content (AvgIpc) is 2.44. The first-order valence-corrected chi connectivity index (χ1v) is 8.08. The average molecular weight is 388 g/mol. The Morgan fingerprint density at radius 2 is 1.79 bits per heavy atom. The fourth-order valence-electron chi connectivity index (χ4n) is 2.66. The van der Waals surface area contributed by atoms with Crippen LogP contribution in [0.3, 0.4) is 0 Å². The van der Waals surface area contributed by atoms with Gasteiger partial charge in [-0.05, 0) is 12.8 Å². The van der Waals surface area contributed by atoms with Crippen LogP contribution in [-0.4, -0.2) is 22.1 Å². The molecule has 19 heavy (non-hydrogen) atoms. The van der Waals surface area contributed by atoms with Crippen LogP contribution in [0.25, 0.3) is 10.8 Å². The summed E-state index contributed by atoms with van der Waals surface area (Å²) < 4.78 is 0.765. The molecule has 100 valence electrons. The van der Waals surface area contributed by atoms with Crippen LogP contribution in [0.5, 0.6) is 5.75 Å². The number of rotatable bonds is 1. The zero-order valence-electron chi connectivity index (χ0n) is 10.4. The van der Waals surface area contributed by atoms with Gasteiger partial charge in [0.05, 0.1) is 5.02 Å². The predicted molar refractivity (Wildman–Crippen MR) is 89.9 cm³/mol. The second-order valence-electron chi connectivity index (χ2n) is 4.94. The van der Waals surface area contributed by atoms with E-state index >= 15 is 0 Å². The molecule has 0 radical (unpaired) electrons. The summed E-state index contributed by atoms with van der Waals surface area (Å²) in [4.78, 5) is 2.35. The standard InChI is InChI=1S/C15H15ClINO/c16-15-12-4-2-1-3-11(12)13(9-14(15)19)18-7-5-10(17)6-8-18/h1-4,9-10,19H,5-8H2. The van der Waals surface area contributed by atoms with Crippen LogP contribution in [0.4, 0.5) is 5.69 Å². The van der Waals surface area contributed by atoms with Gasteiger partial charge in [0.1, 0.15) is 5.75 Å². The molecule has 1 aliphatic rings. The molecule has 0 spiro atoms. The van der Waals surface area contributed by atoms with Crippen molar-refractivity contribution < 1.29 is 5.11 Å². The van der Waals surface area contributed by atoms with Gasteiger partial charge in [0.25, 0.3) is 0 Å². The van der Waals surface area contributed by atoms with E-state index in [1.165, 1.54) is 12.8 Å². The lowest BCUT2D eigenvalue weighted by Gasteiger charge is -2.32. The summed E-state index contributed by atoms with van der Waals surface area (Å²) in [6.45, 7) is 2.08. The summed E-state index contributed by atoms with van der Waals surface area (Å²) in [5.74, 6) is 0.173. The minimum atomic E-state index is 0.173. The molecule has 1 fully saturated rings. The molecule has 0 bridgehead atoms. The van der Waals surface area contributed by atoms with Crippen molar-refractivity contribution in [1.82, 2.24) is 0 Å². The highest BCUT2D eigenvalue weighted by atomic mass is 127. The van der Waals surface area contributed by atoms with Crippen molar-refractivity contribution in [2.75, 3.05) is 18.0 Å². The first-order chi connectivity index (χ1) is 9.16. The SMILES string of the molecule is Oc1cc(N2CCC(I)CC2)c2ccccc2c1Cl. The Bertz CT molecular complexity index is 608. The number of hydrogen-bond acceptors (Lipinski definition) is 2. The molecule has 0 saturated carbocycles. The van der Waals surface area contributed by atoms with Crippen LogP contribution in [0, 0.1) is 0 Å². The van der Waals surface area contributed by atoms with Crippen molar-refractivity contribution in [2.45, 2.75) is 16.8 Å². The number of phenolic OH excluding ortho intramolecular Hbond substituents is 1. The summed E-state index contributed by atoms with van der Waals surface area (Å²) in [6.07, 6.45) is 2.39. The number of anilines is 1. The largest absolute Gasteiger partial charge is 0.506 e. The molecule has 2 aromatic rings. The molecule has 4 heteroatoms. The molecule has 0 atom stereocenters. The van der Waals surface area contributed by atoms with E-state index in [4.69, 9.17) is 11.6 Å². The van der Waals surface area contributed by atoms with Gasteiger partial charge in [0.15, 0.2) is 0 Å². The van der Waals surface area contributed by atoms with E-state index in [0.29, 0.717) is 5.02 Å². The molecule has 0 aliphatic carbocycles. The first-order valence-electron chi connectivity index (χ1n) is 6.46. The van der Waals surface area contributed by atoms with Crippen LogP contribution >= 0.6 is 34.2 Å². The minimum absolute atomic E-state index is 0.173. The van der Waals surface area contributed by atoms with E-state index in [9.17, 15) is 5.11 Å². The molecule has 1 aliphatic heterocycles. The number of fused-ring (bicyclic) bond motifs is 1. The Morgan fingerprint density at radius 1 is 1.16 bits per heavy atom. The van der Waals surface area contributed by atoms with Crippen molar-refractivity contribution in [3.8, 4) is 5.75 Å². The lowest BCUT2D eigenvalue weighted by molar-refractivity contribution is 0.476. The van der Waals surface area contributed by atoms with E-state index in [-0.39, 0.29) is 5.75 Å². The molecule has 3 rings (SSSR count). The zero-order valence-corrected chi connectivity index (χ0v) is 13.4. The Kier molecular flexibility index (Phi) is 3.76. The van der Waals surface area contributed by atoms with Crippen molar-refractivity contribution >= 4 is 50.7 Å². The number of piperidine rings is 1. The Hall–Kier alpha value is -0.680. The minimum Gasteiger partial charge on any atom is -0.506 e. The summed E-state index contributed by atoms with van der Waals surface area (Å²) in [7, 11) is 0. The van der Waals surface area contributed by atoms with E-state index in [2.05, 4.69) is 33.6 Å². The van der Waals surface area contributed by atoms with Crippen LogP contribution in [0.1, 0.15) is 12.8 Å². The summed E-state index contributed by atoms with van der Waals surface area (Å²) in [5, 5.41) is 12.5. The zero-order chi connectivity index (χ0) is 13.4. The van der Waals surface area contributed by atoms with Crippen LogP contribution in [0.2, 0.25) is 5.02 Å². The molecule has 2 nitrogen and oxygen atoms in total. The Morgan fingerprint density at radius 3 is 2.47 bits per heavy atom. The molecule has 1 saturated heterocycles. The fraction of sp³-hybridized carbons (Fsp3) is 0.333. The summed E-state index contributed by atoms with van der Waals surface area (Å²) >= 11 is 8.71. The second kappa shape index (κ2) is 5.37. The lowest BCUT2D eigenvalue weighted by Crippen LogP contribution is -2.33. The van der Waals surface area contributed by atoms with Crippen molar-refractivity contribution in [2.24, 2.45) is 0 Å². The van der Waals surface area contributed by atoms with Gasteiger partial charge in [0.2, 0.25) is 0 Å². The maximum absolute atomic E-state index is 10.0. The number of hydrogen-bond donors (Lipinski definition) is 1. The van der Waals surface area contributed by atoms with Gasteiger partial charge in [-0.2, -0.15) is 0 Å². The van der Waals surface area contributed by atoms with E-state index in [0.717, 1.165) is 33.5 Å². The third kappa shape index (κ3) is 2.50. The Labute approximate surface area is 131 Å². The number of halogens is 2. The molecule has 1 N–H and O–H groups in total. The Balaban J connectivity index is 2.10. The number of benzene rings is 2. The third-order valence-electron chi connectivity index (χ3n) is 3.70. The number of phenols is 1. The monoisotopic (exact) mass is 387 g/mol. The summed E-state index contributed by atoms with van der Waals surface area (Å²) in [5.41, 5.74) is 1.10. The number of aromatic hydroxyl groups is 1. The van der Waals surface area contributed by atoms with Crippen LogP contribution in [-0.2, 0) is 0 Å². The predicted octanol–water partition coefficient (Wildman–Crippen LogP) is 4.60. The molecule has 1 heterocycles. The summed E-state index contributed by atoms with van der Waals surface area (Å²) in [6, 6.07) is 9.81. The topological polar surface area (TPSA) is 23.5 Å². The molecule has 0 aromatic heterocycles. The van der Waals surface area contributed by atoms with E-state index < -0.39 is 0 Å². The highest BCUT2D eigenvalue weighted by Crippen LogP contribution is 2.39. The van der Waals surface area contributed by atoms with Crippen molar-refractivity contribution in [3.05, 3.63) is 35.4 Å². The van der Waals surface area contributed by atoms with E-state index in [1.54, 1.807) is 6.07 Å². The fourth-order valence-corrected chi connectivity index (χ4v) is 3.43. The molecular formula is C15H15ClINO. The van der Waals surface area contributed by atoms with Gasteiger partial charge in [-0.15, -0.1) is 0 Å². The normalized spacial score (nSPS) is 17.1. The molecule has 0 unspecified atom stereocenters.